The fourth-order valence-corrected chi connectivity index (χ4v) is 1.92. The summed E-state index contributed by atoms with van der Waals surface area (Å²) in [7, 11) is 0. The number of rotatable bonds is 5. The van der Waals surface area contributed by atoms with Crippen LogP contribution in [0.2, 0.25) is 0 Å². The number of carbonyl (C=O) groups excluding carboxylic acids is 3. The Morgan fingerprint density at radius 3 is 2.52 bits per heavy atom. The van der Waals surface area contributed by atoms with Gasteiger partial charge in [0.15, 0.2) is 30.0 Å². The van der Waals surface area contributed by atoms with Crippen molar-refractivity contribution in [2.45, 2.75) is 32.5 Å². The molecule has 2 rings (SSSR count). The lowest BCUT2D eigenvalue weighted by Gasteiger charge is -2.07. The third-order valence-electron chi connectivity index (χ3n) is 3.05. The molecule has 1 saturated carbocycles. The van der Waals surface area contributed by atoms with Crippen molar-refractivity contribution in [2.24, 2.45) is 0 Å². The van der Waals surface area contributed by atoms with E-state index in [2.05, 4.69) is 15.4 Å². The first-order valence-corrected chi connectivity index (χ1v) is 6.69. The number of esters is 2. The van der Waals surface area contributed by atoms with Crippen LogP contribution >= 0.6 is 0 Å². The Kier molecular flexibility index (Phi) is 4.95. The zero-order valence-corrected chi connectivity index (χ0v) is 12.3. The van der Waals surface area contributed by atoms with Crippen LogP contribution in [0.15, 0.2) is 37.9 Å². The zero-order chi connectivity index (χ0) is 17.0. The third kappa shape index (κ3) is 4.53. The molecule has 0 N–H and O–H groups in total. The molecule has 23 heavy (non-hydrogen) atoms. The van der Waals surface area contributed by atoms with E-state index in [1.54, 1.807) is 0 Å². The average Bonchev–Trinajstić information content (AvgIpc) is 2.95. The van der Waals surface area contributed by atoms with Gasteiger partial charge >= 0.3 is 17.8 Å². The number of ketones is 1. The Morgan fingerprint density at radius 1 is 1.26 bits per heavy atom. The summed E-state index contributed by atoms with van der Waals surface area (Å²) in [5, 5.41) is 0. The SMILES string of the molecule is C=C1CC(=O)C(OC(=O)/C=C/C(=O)OCc2oc(=O)oc2C)C1. The Balaban J connectivity index is 1.80. The summed E-state index contributed by atoms with van der Waals surface area (Å²) in [5.74, 6) is -2.51. The van der Waals surface area contributed by atoms with Crippen LogP contribution in [0.3, 0.4) is 0 Å². The highest BCUT2D eigenvalue weighted by Crippen LogP contribution is 2.22. The summed E-state index contributed by atoms with van der Waals surface area (Å²) in [5.41, 5.74) is 0.702. The van der Waals surface area contributed by atoms with Gasteiger partial charge in [0, 0.05) is 25.0 Å². The minimum Gasteiger partial charge on any atom is -0.454 e. The van der Waals surface area contributed by atoms with E-state index in [4.69, 9.17) is 9.47 Å². The van der Waals surface area contributed by atoms with Gasteiger partial charge in [-0.15, -0.1) is 0 Å². The van der Waals surface area contributed by atoms with E-state index < -0.39 is 23.9 Å². The fraction of sp³-hybridized carbons (Fsp3) is 0.333. The van der Waals surface area contributed by atoms with Crippen LogP contribution in [-0.2, 0) is 30.5 Å². The fourth-order valence-electron chi connectivity index (χ4n) is 1.92. The quantitative estimate of drug-likeness (QED) is 0.447. The van der Waals surface area contributed by atoms with Gasteiger partial charge in [0.05, 0.1) is 0 Å². The van der Waals surface area contributed by atoms with E-state index in [0.717, 1.165) is 12.2 Å². The molecule has 8 nitrogen and oxygen atoms in total. The van der Waals surface area contributed by atoms with Gasteiger partial charge in [0.2, 0.25) is 0 Å². The average molecular weight is 322 g/mol. The highest BCUT2D eigenvalue weighted by Gasteiger charge is 2.29. The smallest absolute Gasteiger partial charge is 0.454 e. The van der Waals surface area contributed by atoms with Crippen molar-refractivity contribution < 1.29 is 32.7 Å². The van der Waals surface area contributed by atoms with Gasteiger partial charge in [-0.2, -0.15) is 0 Å². The lowest BCUT2D eigenvalue weighted by atomic mass is 10.3. The predicted octanol–water partition coefficient (Wildman–Crippen LogP) is 0.972. The first-order valence-electron chi connectivity index (χ1n) is 6.69. The zero-order valence-electron chi connectivity index (χ0n) is 12.3. The maximum Gasteiger partial charge on any atom is 0.519 e. The van der Waals surface area contributed by atoms with Gasteiger partial charge in [0.1, 0.15) is 0 Å². The molecular formula is C15H14O8. The molecule has 1 aromatic heterocycles. The van der Waals surface area contributed by atoms with Crippen molar-refractivity contribution in [1.29, 1.82) is 0 Å². The summed E-state index contributed by atoms with van der Waals surface area (Å²) >= 11 is 0. The summed E-state index contributed by atoms with van der Waals surface area (Å²) < 4.78 is 18.9. The largest absolute Gasteiger partial charge is 0.519 e. The van der Waals surface area contributed by atoms with E-state index >= 15 is 0 Å². The van der Waals surface area contributed by atoms with Crippen molar-refractivity contribution in [3.05, 3.63) is 46.4 Å². The summed E-state index contributed by atoms with van der Waals surface area (Å²) in [6, 6.07) is 0. The minimum atomic E-state index is -0.893. The van der Waals surface area contributed by atoms with Crippen LogP contribution in [-0.4, -0.2) is 23.8 Å². The molecule has 1 aliphatic rings. The Labute approximate surface area is 130 Å². The van der Waals surface area contributed by atoms with Crippen molar-refractivity contribution >= 4 is 17.7 Å². The number of hydrogen-bond acceptors (Lipinski definition) is 8. The topological polar surface area (TPSA) is 113 Å². The van der Waals surface area contributed by atoms with Crippen LogP contribution < -0.4 is 5.82 Å². The Hall–Kier alpha value is -2.90. The molecule has 1 aliphatic carbocycles. The van der Waals surface area contributed by atoms with E-state index in [1.807, 2.05) is 0 Å². The van der Waals surface area contributed by atoms with Crippen LogP contribution in [0.1, 0.15) is 24.4 Å². The van der Waals surface area contributed by atoms with Crippen LogP contribution in [0.4, 0.5) is 0 Å². The van der Waals surface area contributed by atoms with Gasteiger partial charge in [-0.25, -0.2) is 14.4 Å². The molecular weight excluding hydrogens is 308 g/mol. The van der Waals surface area contributed by atoms with E-state index in [9.17, 15) is 19.2 Å². The molecule has 0 amide bonds. The van der Waals surface area contributed by atoms with Crippen LogP contribution in [0.5, 0.6) is 0 Å². The summed E-state index contributed by atoms with van der Waals surface area (Å²) in [6.45, 7) is 4.83. The van der Waals surface area contributed by atoms with E-state index in [-0.39, 0.29) is 30.3 Å². The summed E-state index contributed by atoms with van der Waals surface area (Å²) in [4.78, 5) is 45.2. The molecule has 1 atom stereocenters. The number of Topliss-reactive ketones (excluding diaryl/α,β-unsaturated/α-hetero) is 1. The number of ether oxygens (including phenoxy) is 2. The molecule has 122 valence electrons. The number of carbonyl (C=O) groups is 3. The van der Waals surface area contributed by atoms with Crippen molar-refractivity contribution in [2.75, 3.05) is 0 Å². The first kappa shape index (κ1) is 16.5. The van der Waals surface area contributed by atoms with Gasteiger partial charge < -0.3 is 18.3 Å². The van der Waals surface area contributed by atoms with Gasteiger partial charge in [-0.3, -0.25) is 4.79 Å². The first-order chi connectivity index (χ1) is 10.8. The maximum atomic E-state index is 11.5. The predicted molar refractivity (Wildman–Crippen MR) is 74.2 cm³/mol. The molecule has 1 unspecified atom stereocenters. The molecule has 0 aliphatic heterocycles. The Bertz CT molecular complexity index is 733. The van der Waals surface area contributed by atoms with Gasteiger partial charge in [-0.05, 0) is 6.92 Å². The van der Waals surface area contributed by atoms with Crippen LogP contribution in [0, 0.1) is 6.92 Å². The molecule has 1 heterocycles. The molecule has 0 radical (unpaired) electrons. The standard InChI is InChI=1S/C15H14O8/c1-8-5-10(16)11(6-8)22-14(18)4-3-13(17)20-7-12-9(2)21-15(19)23-12/h3-4,11H,1,5-7H2,2H3/b4-3+. The second-order valence-electron chi connectivity index (χ2n) is 4.90. The minimum absolute atomic E-state index is 0.0781. The third-order valence-corrected chi connectivity index (χ3v) is 3.05. The molecule has 0 spiro atoms. The van der Waals surface area contributed by atoms with Crippen LogP contribution in [0.25, 0.3) is 0 Å². The molecule has 8 heteroatoms. The highest BCUT2D eigenvalue weighted by molar-refractivity contribution is 5.95. The van der Waals surface area contributed by atoms with Crippen molar-refractivity contribution in [1.82, 2.24) is 0 Å². The number of aryl methyl sites for hydroxylation is 1. The molecule has 0 bridgehead atoms. The van der Waals surface area contributed by atoms with Crippen molar-refractivity contribution in [3.8, 4) is 0 Å². The second-order valence-corrected chi connectivity index (χ2v) is 4.90. The molecule has 1 aromatic rings. The monoisotopic (exact) mass is 322 g/mol. The van der Waals surface area contributed by atoms with E-state index in [0.29, 0.717) is 12.0 Å². The second kappa shape index (κ2) is 6.91. The molecule has 1 fully saturated rings. The molecule has 0 aromatic carbocycles. The highest BCUT2D eigenvalue weighted by atomic mass is 16.6. The lowest BCUT2D eigenvalue weighted by Crippen LogP contribution is -2.20. The lowest BCUT2D eigenvalue weighted by molar-refractivity contribution is -0.149. The van der Waals surface area contributed by atoms with E-state index in [1.165, 1.54) is 6.92 Å². The maximum absolute atomic E-state index is 11.5. The Morgan fingerprint density at radius 2 is 1.96 bits per heavy atom. The van der Waals surface area contributed by atoms with Crippen molar-refractivity contribution in [3.63, 3.8) is 0 Å². The molecule has 0 saturated heterocycles. The van der Waals surface area contributed by atoms with Gasteiger partial charge in [-0.1, -0.05) is 12.2 Å². The normalized spacial score (nSPS) is 17.7. The summed E-state index contributed by atoms with van der Waals surface area (Å²) in [6.07, 6.45) is 1.35. The van der Waals surface area contributed by atoms with Gasteiger partial charge in [0.25, 0.3) is 0 Å². The number of hydrogen-bond donors (Lipinski definition) is 0.